The van der Waals surface area contributed by atoms with Crippen LogP contribution in [-0.4, -0.2) is 25.7 Å². The summed E-state index contributed by atoms with van der Waals surface area (Å²) in [6, 6.07) is 6.08. The second-order valence-corrected chi connectivity index (χ2v) is 5.71. The summed E-state index contributed by atoms with van der Waals surface area (Å²) in [5.41, 5.74) is 5.70. The van der Waals surface area contributed by atoms with Crippen molar-refractivity contribution in [2.24, 2.45) is 5.73 Å². The van der Waals surface area contributed by atoms with Crippen LogP contribution >= 0.6 is 12.2 Å². The van der Waals surface area contributed by atoms with Gasteiger partial charge in [-0.15, -0.1) is 0 Å². The molecule has 0 heterocycles. The Hall–Kier alpha value is -1.67. The average molecular weight is 272 g/mol. The molecule has 0 aliphatic rings. The molecule has 0 fully saturated rings. The average Bonchev–Trinajstić information content (AvgIpc) is 2.15. The van der Waals surface area contributed by atoms with Gasteiger partial charge in [0.25, 0.3) is 0 Å². The van der Waals surface area contributed by atoms with E-state index < -0.39 is 9.84 Å². The molecule has 0 saturated heterocycles. The van der Waals surface area contributed by atoms with Gasteiger partial charge in [-0.1, -0.05) is 0 Å². The zero-order chi connectivity index (χ0) is 13.1. The molecule has 0 bridgehead atoms. The molecule has 0 spiro atoms. The molecule has 8 heteroatoms. The van der Waals surface area contributed by atoms with Crippen molar-refractivity contribution in [2.75, 3.05) is 11.6 Å². The van der Waals surface area contributed by atoms with Crippen molar-refractivity contribution < 1.29 is 8.42 Å². The molecule has 1 aromatic rings. The summed E-state index contributed by atoms with van der Waals surface area (Å²) in [5, 5.41) is 12.3. The Balaban J connectivity index is 2.76. The monoisotopic (exact) mass is 272 g/mol. The maximum Gasteiger partial charge on any atom is 0.192 e. The summed E-state index contributed by atoms with van der Waals surface area (Å²) < 4.78 is 22.4. The van der Waals surface area contributed by atoms with Crippen LogP contribution in [0, 0.1) is 5.41 Å². The van der Waals surface area contributed by atoms with Crippen LogP contribution in [0.5, 0.6) is 0 Å². The first-order valence-corrected chi connectivity index (χ1v) is 6.81. The fourth-order valence-corrected chi connectivity index (χ4v) is 1.93. The number of anilines is 1. The van der Waals surface area contributed by atoms with Gasteiger partial charge in [-0.25, -0.2) is 8.42 Å². The Labute approximate surface area is 105 Å². The topological polar surface area (TPSA) is 108 Å². The third-order valence-corrected chi connectivity index (χ3v) is 3.12. The van der Waals surface area contributed by atoms with Gasteiger partial charge in [0.15, 0.2) is 20.9 Å². The van der Waals surface area contributed by atoms with E-state index in [-0.39, 0.29) is 16.0 Å². The van der Waals surface area contributed by atoms with Crippen molar-refractivity contribution in [1.29, 1.82) is 5.41 Å². The second kappa shape index (κ2) is 5.11. The van der Waals surface area contributed by atoms with E-state index in [1.807, 2.05) is 0 Å². The molecule has 0 radical (unpaired) electrons. The Morgan fingerprint density at radius 2 is 1.88 bits per heavy atom. The smallest absolute Gasteiger partial charge is 0.192 e. The molecule has 1 rings (SSSR count). The number of hydrogen-bond donors (Lipinski definition) is 4. The molecule has 0 amide bonds. The molecule has 1 aromatic carbocycles. The normalized spacial score (nSPS) is 10.6. The van der Waals surface area contributed by atoms with Crippen LogP contribution in [0.4, 0.5) is 5.69 Å². The third-order valence-electron chi connectivity index (χ3n) is 1.79. The predicted molar refractivity (Wildman–Crippen MR) is 70.8 cm³/mol. The lowest BCUT2D eigenvalue weighted by atomic mass is 10.3. The van der Waals surface area contributed by atoms with Crippen molar-refractivity contribution in [3.05, 3.63) is 24.3 Å². The molecule has 6 nitrogen and oxygen atoms in total. The fraction of sp³-hybridized carbons (Fsp3) is 0.111. The number of nitrogens with one attached hydrogen (secondary N) is 3. The molecule has 0 unspecified atom stereocenters. The summed E-state index contributed by atoms with van der Waals surface area (Å²) in [7, 11) is -3.20. The number of thiocarbonyl (C=S) groups is 1. The lowest BCUT2D eigenvalue weighted by molar-refractivity contribution is 0.602. The number of guanidine groups is 1. The van der Waals surface area contributed by atoms with E-state index in [9.17, 15) is 8.42 Å². The molecule has 0 saturated carbocycles. The first kappa shape index (κ1) is 13.4. The minimum absolute atomic E-state index is 0.171. The van der Waals surface area contributed by atoms with Crippen molar-refractivity contribution in [1.82, 2.24) is 5.32 Å². The van der Waals surface area contributed by atoms with E-state index in [1.54, 1.807) is 12.1 Å². The Kier molecular flexibility index (Phi) is 4.02. The molecule has 5 N–H and O–H groups in total. The molecule has 0 aromatic heterocycles. The van der Waals surface area contributed by atoms with Gasteiger partial charge in [0.1, 0.15) is 0 Å². The fourth-order valence-electron chi connectivity index (χ4n) is 1.07. The quantitative estimate of drug-likeness (QED) is 0.350. The summed E-state index contributed by atoms with van der Waals surface area (Å²) >= 11 is 4.86. The van der Waals surface area contributed by atoms with Crippen molar-refractivity contribution in [3.8, 4) is 0 Å². The van der Waals surface area contributed by atoms with Gasteiger partial charge in [0, 0.05) is 11.9 Å². The highest BCUT2D eigenvalue weighted by atomic mass is 32.2. The largest absolute Gasteiger partial charge is 0.370 e. The van der Waals surface area contributed by atoms with E-state index in [2.05, 4.69) is 10.6 Å². The maximum atomic E-state index is 11.2. The van der Waals surface area contributed by atoms with Crippen LogP contribution in [0.1, 0.15) is 0 Å². The highest BCUT2D eigenvalue weighted by Crippen LogP contribution is 2.13. The van der Waals surface area contributed by atoms with Crippen molar-refractivity contribution >= 4 is 38.8 Å². The SMILES string of the molecule is CS(=O)(=O)c1ccc(NC(=S)NC(=N)N)cc1. The summed E-state index contributed by atoms with van der Waals surface area (Å²) in [4.78, 5) is 0.230. The number of nitrogens with two attached hydrogens (primary N) is 1. The van der Waals surface area contributed by atoms with E-state index in [4.69, 9.17) is 23.4 Å². The van der Waals surface area contributed by atoms with Crippen LogP contribution in [0.3, 0.4) is 0 Å². The van der Waals surface area contributed by atoms with E-state index in [0.29, 0.717) is 5.69 Å². The highest BCUT2D eigenvalue weighted by molar-refractivity contribution is 7.90. The zero-order valence-electron chi connectivity index (χ0n) is 9.02. The minimum atomic E-state index is -3.20. The molecule has 0 aliphatic heterocycles. The lowest BCUT2D eigenvalue weighted by Crippen LogP contribution is -2.38. The predicted octanol–water partition coefficient (Wildman–Crippen LogP) is 0.270. The van der Waals surface area contributed by atoms with Gasteiger partial charge in [-0.3, -0.25) is 5.41 Å². The first-order valence-electron chi connectivity index (χ1n) is 4.51. The van der Waals surface area contributed by atoms with Gasteiger partial charge >= 0.3 is 0 Å². The lowest BCUT2D eigenvalue weighted by Gasteiger charge is -2.09. The zero-order valence-corrected chi connectivity index (χ0v) is 10.7. The molecule has 0 aliphatic carbocycles. The standard InChI is InChI=1S/C9H12N4O2S2/c1-17(14,15)7-4-2-6(3-5-7)12-9(16)13-8(10)11/h2-5H,1H3,(H5,10,11,12,13,16). The molecular weight excluding hydrogens is 260 g/mol. The first-order chi connectivity index (χ1) is 7.79. The summed E-state index contributed by atoms with van der Waals surface area (Å²) in [5.74, 6) is -0.268. The number of hydrogen-bond acceptors (Lipinski definition) is 4. The number of benzene rings is 1. The van der Waals surface area contributed by atoms with Gasteiger partial charge < -0.3 is 16.4 Å². The van der Waals surface area contributed by atoms with Crippen LogP contribution in [0.15, 0.2) is 29.2 Å². The molecule has 0 atom stereocenters. The van der Waals surface area contributed by atoms with Gasteiger partial charge in [-0.2, -0.15) is 0 Å². The van der Waals surface area contributed by atoms with Crippen LogP contribution in [0.2, 0.25) is 0 Å². The summed E-state index contributed by atoms with van der Waals surface area (Å²) in [6.07, 6.45) is 1.14. The van der Waals surface area contributed by atoms with Crippen molar-refractivity contribution in [2.45, 2.75) is 4.90 Å². The molecule has 17 heavy (non-hydrogen) atoms. The second-order valence-electron chi connectivity index (χ2n) is 3.29. The van der Waals surface area contributed by atoms with Crippen molar-refractivity contribution in [3.63, 3.8) is 0 Å². The summed E-state index contributed by atoms with van der Waals surface area (Å²) in [6.45, 7) is 0. The van der Waals surface area contributed by atoms with Crippen LogP contribution in [-0.2, 0) is 9.84 Å². The number of rotatable bonds is 2. The maximum absolute atomic E-state index is 11.2. The van der Waals surface area contributed by atoms with Gasteiger partial charge in [-0.05, 0) is 36.5 Å². The number of sulfone groups is 1. The van der Waals surface area contributed by atoms with E-state index in [0.717, 1.165) is 6.26 Å². The van der Waals surface area contributed by atoms with E-state index >= 15 is 0 Å². The highest BCUT2D eigenvalue weighted by Gasteiger charge is 2.06. The van der Waals surface area contributed by atoms with Gasteiger partial charge in [0.2, 0.25) is 0 Å². The van der Waals surface area contributed by atoms with Crippen LogP contribution in [0.25, 0.3) is 0 Å². The van der Waals surface area contributed by atoms with E-state index in [1.165, 1.54) is 12.1 Å². The van der Waals surface area contributed by atoms with Crippen LogP contribution < -0.4 is 16.4 Å². The third kappa shape index (κ3) is 4.37. The van der Waals surface area contributed by atoms with Gasteiger partial charge in [0.05, 0.1) is 4.90 Å². The minimum Gasteiger partial charge on any atom is -0.370 e. The Morgan fingerprint density at radius 3 is 2.29 bits per heavy atom. The molecular formula is C9H12N4O2S2. The Morgan fingerprint density at radius 1 is 1.35 bits per heavy atom. The Bertz CT molecular complexity index is 537. The molecule has 92 valence electrons.